The summed E-state index contributed by atoms with van der Waals surface area (Å²) in [5, 5.41) is 3.29. The monoisotopic (exact) mass is 183 g/mol. The van der Waals surface area contributed by atoms with E-state index in [1.807, 2.05) is 0 Å². The molecule has 0 saturated carbocycles. The van der Waals surface area contributed by atoms with E-state index in [-0.39, 0.29) is 0 Å². The van der Waals surface area contributed by atoms with E-state index in [1.165, 1.54) is 5.57 Å². The highest BCUT2D eigenvalue weighted by molar-refractivity contribution is 5.07. The number of nitrogens with one attached hydrogen (secondary N) is 1. The van der Waals surface area contributed by atoms with E-state index in [0.29, 0.717) is 6.10 Å². The van der Waals surface area contributed by atoms with Gasteiger partial charge in [0.25, 0.3) is 0 Å². The van der Waals surface area contributed by atoms with Crippen LogP contribution in [0, 0.1) is 0 Å². The molecule has 1 fully saturated rings. The third-order valence-electron chi connectivity index (χ3n) is 2.55. The lowest BCUT2D eigenvalue weighted by atomic mass is 10.1. The van der Waals surface area contributed by atoms with Gasteiger partial charge in [0.15, 0.2) is 0 Å². The zero-order valence-electron chi connectivity index (χ0n) is 7.92. The third-order valence-corrected chi connectivity index (χ3v) is 2.55. The van der Waals surface area contributed by atoms with E-state index in [9.17, 15) is 0 Å². The highest BCUT2D eigenvalue weighted by Crippen LogP contribution is 2.11. The molecule has 0 bridgehead atoms. The van der Waals surface area contributed by atoms with Gasteiger partial charge in [-0.05, 0) is 25.0 Å². The summed E-state index contributed by atoms with van der Waals surface area (Å²) in [4.78, 5) is 0. The first-order valence-corrected chi connectivity index (χ1v) is 5.03. The maximum atomic E-state index is 5.72. The van der Waals surface area contributed by atoms with E-state index in [0.717, 1.165) is 45.8 Å². The Bertz CT molecular complexity index is 185. The second kappa shape index (κ2) is 4.74. The molecule has 2 heterocycles. The fraction of sp³-hybridized carbons (Fsp3) is 0.800. The Labute approximate surface area is 79.1 Å². The first-order valence-electron chi connectivity index (χ1n) is 5.03. The molecule has 1 saturated heterocycles. The molecule has 0 aromatic heterocycles. The van der Waals surface area contributed by atoms with Crippen molar-refractivity contribution in [2.75, 3.05) is 32.9 Å². The minimum atomic E-state index is 0.343. The summed E-state index contributed by atoms with van der Waals surface area (Å²) in [6.07, 6.45) is 4.77. The fourth-order valence-electron chi connectivity index (χ4n) is 1.67. The molecule has 1 unspecified atom stereocenters. The quantitative estimate of drug-likeness (QED) is 0.654. The van der Waals surface area contributed by atoms with Gasteiger partial charge in [-0.15, -0.1) is 0 Å². The van der Waals surface area contributed by atoms with Crippen molar-refractivity contribution < 1.29 is 9.47 Å². The van der Waals surface area contributed by atoms with Crippen LogP contribution < -0.4 is 5.32 Å². The first kappa shape index (κ1) is 9.19. The Hall–Kier alpha value is -0.380. The topological polar surface area (TPSA) is 30.5 Å². The predicted octanol–water partition coefficient (Wildman–Crippen LogP) is 0.712. The lowest BCUT2D eigenvalue weighted by Crippen LogP contribution is -2.23. The van der Waals surface area contributed by atoms with Crippen LogP contribution >= 0.6 is 0 Å². The smallest absolute Gasteiger partial charge is 0.0834 e. The molecule has 2 rings (SSSR count). The predicted molar refractivity (Wildman–Crippen MR) is 50.7 cm³/mol. The summed E-state index contributed by atoms with van der Waals surface area (Å²) in [6.45, 7) is 4.54. The molecule has 0 aromatic carbocycles. The van der Waals surface area contributed by atoms with Crippen LogP contribution in [-0.4, -0.2) is 39.0 Å². The Morgan fingerprint density at radius 3 is 3.31 bits per heavy atom. The Balaban J connectivity index is 1.68. The molecule has 1 N–H and O–H groups in total. The van der Waals surface area contributed by atoms with Crippen LogP contribution in [0.3, 0.4) is 0 Å². The van der Waals surface area contributed by atoms with Gasteiger partial charge in [0.2, 0.25) is 0 Å². The molecular formula is C10H17NO2. The fourth-order valence-corrected chi connectivity index (χ4v) is 1.67. The van der Waals surface area contributed by atoms with Gasteiger partial charge in [-0.2, -0.15) is 0 Å². The molecule has 13 heavy (non-hydrogen) atoms. The Morgan fingerprint density at radius 1 is 1.62 bits per heavy atom. The maximum Gasteiger partial charge on any atom is 0.0834 e. The first-order chi connectivity index (χ1) is 6.45. The normalized spacial score (nSPS) is 28.9. The molecule has 3 nitrogen and oxygen atoms in total. The van der Waals surface area contributed by atoms with Crippen LogP contribution in [0.15, 0.2) is 11.6 Å². The van der Waals surface area contributed by atoms with Crippen molar-refractivity contribution in [2.45, 2.75) is 18.9 Å². The molecule has 74 valence electrons. The lowest BCUT2D eigenvalue weighted by molar-refractivity contribution is 0.0551. The van der Waals surface area contributed by atoms with Crippen LogP contribution in [0.1, 0.15) is 12.8 Å². The SMILES string of the molecule is C1=C(COC2CCOC2)CCNC1. The van der Waals surface area contributed by atoms with Gasteiger partial charge in [-0.1, -0.05) is 6.08 Å². The molecule has 2 aliphatic heterocycles. The molecule has 3 heteroatoms. The van der Waals surface area contributed by atoms with Gasteiger partial charge in [-0.3, -0.25) is 0 Å². The third kappa shape index (κ3) is 2.79. The van der Waals surface area contributed by atoms with Crippen molar-refractivity contribution >= 4 is 0 Å². The maximum absolute atomic E-state index is 5.72. The summed E-state index contributed by atoms with van der Waals surface area (Å²) >= 11 is 0. The van der Waals surface area contributed by atoms with E-state index >= 15 is 0 Å². The number of rotatable bonds is 3. The van der Waals surface area contributed by atoms with Gasteiger partial charge in [-0.25, -0.2) is 0 Å². The van der Waals surface area contributed by atoms with Crippen molar-refractivity contribution in [2.24, 2.45) is 0 Å². The molecular weight excluding hydrogens is 166 g/mol. The van der Waals surface area contributed by atoms with Gasteiger partial charge >= 0.3 is 0 Å². The number of hydrogen-bond acceptors (Lipinski definition) is 3. The van der Waals surface area contributed by atoms with E-state index in [1.54, 1.807) is 0 Å². The van der Waals surface area contributed by atoms with Gasteiger partial charge in [0.1, 0.15) is 0 Å². The second-order valence-corrected chi connectivity index (χ2v) is 3.61. The molecule has 0 aromatic rings. The molecule has 0 spiro atoms. The standard InChI is InChI=1S/C10H17NO2/c1-4-11-5-2-9(1)7-13-10-3-6-12-8-10/h1,10-11H,2-8H2. The number of hydrogen-bond donors (Lipinski definition) is 1. The highest BCUT2D eigenvalue weighted by Gasteiger charge is 2.16. The average Bonchev–Trinajstić information content (AvgIpc) is 2.69. The minimum Gasteiger partial charge on any atom is -0.379 e. The molecule has 0 radical (unpaired) electrons. The second-order valence-electron chi connectivity index (χ2n) is 3.61. The van der Waals surface area contributed by atoms with Gasteiger partial charge in [0.05, 0.1) is 19.3 Å². The molecule has 1 atom stereocenters. The molecule has 0 aliphatic carbocycles. The molecule has 0 amide bonds. The summed E-state index contributed by atoms with van der Waals surface area (Å²) in [6, 6.07) is 0. The largest absolute Gasteiger partial charge is 0.379 e. The van der Waals surface area contributed by atoms with Gasteiger partial charge < -0.3 is 14.8 Å². The summed E-state index contributed by atoms with van der Waals surface area (Å²) in [7, 11) is 0. The molecule has 2 aliphatic rings. The summed E-state index contributed by atoms with van der Waals surface area (Å²) < 4.78 is 11.0. The lowest BCUT2D eigenvalue weighted by Gasteiger charge is -2.16. The van der Waals surface area contributed by atoms with E-state index in [4.69, 9.17) is 9.47 Å². The van der Waals surface area contributed by atoms with Crippen molar-refractivity contribution in [1.29, 1.82) is 0 Å². The Morgan fingerprint density at radius 2 is 2.62 bits per heavy atom. The van der Waals surface area contributed by atoms with Crippen LogP contribution in [0.4, 0.5) is 0 Å². The van der Waals surface area contributed by atoms with Crippen LogP contribution in [-0.2, 0) is 9.47 Å². The zero-order valence-corrected chi connectivity index (χ0v) is 7.92. The van der Waals surface area contributed by atoms with E-state index < -0.39 is 0 Å². The van der Waals surface area contributed by atoms with Crippen molar-refractivity contribution in [3.8, 4) is 0 Å². The zero-order chi connectivity index (χ0) is 8.93. The summed E-state index contributed by atoms with van der Waals surface area (Å²) in [5.41, 5.74) is 1.44. The summed E-state index contributed by atoms with van der Waals surface area (Å²) in [5.74, 6) is 0. The number of ether oxygens (including phenoxy) is 2. The van der Waals surface area contributed by atoms with Crippen molar-refractivity contribution in [3.63, 3.8) is 0 Å². The highest BCUT2D eigenvalue weighted by atomic mass is 16.5. The van der Waals surface area contributed by atoms with Gasteiger partial charge in [0, 0.05) is 13.2 Å². The van der Waals surface area contributed by atoms with Crippen molar-refractivity contribution in [1.82, 2.24) is 5.32 Å². The van der Waals surface area contributed by atoms with E-state index in [2.05, 4.69) is 11.4 Å². The van der Waals surface area contributed by atoms with Crippen LogP contribution in [0.5, 0.6) is 0 Å². The van der Waals surface area contributed by atoms with Crippen LogP contribution in [0.2, 0.25) is 0 Å². The van der Waals surface area contributed by atoms with Crippen LogP contribution in [0.25, 0.3) is 0 Å². The van der Waals surface area contributed by atoms with Crippen molar-refractivity contribution in [3.05, 3.63) is 11.6 Å². The minimum absolute atomic E-state index is 0.343. The average molecular weight is 183 g/mol. The Kier molecular flexibility index (Phi) is 3.35.